The molecule has 0 aliphatic carbocycles. The molecule has 0 radical (unpaired) electrons. The summed E-state index contributed by atoms with van der Waals surface area (Å²) < 4.78 is 11.2. The minimum Gasteiger partial charge on any atom is -0.493 e. The highest BCUT2D eigenvalue weighted by molar-refractivity contribution is 5.39. The Morgan fingerprint density at radius 1 is 1.11 bits per heavy atom. The number of nitrogens with two attached hydrogens (primary N) is 1. The second-order valence-electron chi connectivity index (χ2n) is 4.64. The maximum atomic E-state index is 5.62. The molecule has 94 valence electrons. The molecule has 0 spiro atoms. The molecular weight excluding hydrogens is 226 g/mol. The van der Waals surface area contributed by atoms with Crippen molar-refractivity contribution >= 4 is 0 Å². The van der Waals surface area contributed by atoms with Crippen LogP contribution in [-0.4, -0.2) is 6.61 Å². The van der Waals surface area contributed by atoms with Crippen LogP contribution < -0.4 is 10.5 Å². The van der Waals surface area contributed by atoms with Crippen LogP contribution in [0.3, 0.4) is 0 Å². The van der Waals surface area contributed by atoms with Crippen LogP contribution in [0.2, 0.25) is 0 Å². The number of furan rings is 1. The van der Waals surface area contributed by atoms with Crippen LogP contribution in [0.5, 0.6) is 5.75 Å². The van der Waals surface area contributed by atoms with Gasteiger partial charge in [-0.2, -0.15) is 0 Å². The van der Waals surface area contributed by atoms with Crippen molar-refractivity contribution in [3.63, 3.8) is 0 Å². The number of hydrogen-bond donors (Lipinski definition) is 1. The Morgan fingerprint density at radius 2 is 2.00 bits per heavy atom. The van der Waals surface area contributed by atoms with Gasteiger partial charge >= 0.3 is 0 Å². The van der Waals surface area contributed by atoms with Gasteiger partial charge in [0, 0.05) is 6.42 Å². The number of ether oxygens (including phenoxy) is 1. The largest absolute Gasteiger partial charge is 0.493 e. The maximum absolute atomic E-state index is 5.62. The molecule has 18 heavy (non-hydrogen) atoms. The van der Waals surface area contributed by atoms with Crippen LogP contribution in [0.15, 0.2) is 34.7 Å². The Bertz CT molecular complexity index is 545. The summed E-state index contributed by atoms with van der Waals surface area (Å²) >= 11 is 0. The first-order chi connectivity index (χ1) is 8.85. The summed E-state index contributed by atoms with van der Waals surface area (Å²) in [6, 6.07) is 10.3. The summed E-state index contributed by atoms with van der Waals surface area (Å²) in [6.07, 6.45) is 3.02. The second kappa shape index (κ2) is 4.86. The molecule has 0 bridgehead atoms. The lowest BCUT2D eigenvalue weighted by Crippen LogP contribution is -2.08. The van der Waals surface area contributed by atoms with E-state index < -0.39 is 0 Å². The summed E-state index contributed by atoms with van der Waals surface area (Å²) in [6.45, 7) is 1.29. The number of rotatable bonds is 3. The van der Waals surface area contributed by atoms with Gasteiger partial charge in [-0.1, -0.05) is 12.1 Å². The predicted molar refractivity (Wildman–Crippen MR) is 69.7 cm³/mol. The molecule has 1 aliphatic rings. The number of fused-ring (bicyclic) bond motifs is 1. The van der Waals surface area contributed by atoms with Crippen LogP contribution in [0.25, 0.3) is 0 Å². The summed E-state index contributed by atoms with van der Waals surface area (Å²) in [7, 11) is 0. The second-order valence-corrected chi connectivity index (χ2v) is 4.64. The Balaban J connectivity index is 1.80. The van der Waals surface area contributed by atoms with Crippen molar-refractivity contribution in [2.45, 2.75) is 25.8 Å². The Hall–Kier alpha value is -1.74. The van der Waals surface area contributed by atoms with Crippen molar-refractivity contribution in [1.29, 1.82) is 0 Å². The predicted octanol–water partition coefficient (Wildman–Crippen LogP) is 2.65. The van der Waals surface area contributed by atoms with Crippen LogP contribution >= 0.6 is 0 Å². The molecule has 3 rings (SSSR count). The number of hydrogen-bond acceptors (Lipinski definition) is 3. The topological polar surface area (TPSA) is 48.4 Å². The van der Waals surface area contributed by atoms with E-state index in [0.717, 1.165) is 43.1 Å². The zero-order valence-corrected chi connectivity index (χ0v) is 10.3. The third kappa shape index (κ3) is 2.27. The van der Waals surface area contributed by atoms with Crippen molar-refractivity contribution in [3.05, 3.63) is 53.0 Å². The molecular formula is C15H17NO2. The monoisotopic (exact) mass is 243 g/mol. The fourth-order valence-electron chi connectivity index (χ4n) is 2.35. The molecule has 2 heterocycles. The van der Waals surface area contributed by atoms with E-state index in [1.54, 1.807) is 0 Å². The SMILES string of the molecule is NCc1ccc(Cc2ccc3c(c2)CCCO3)o1. The normalized spacial score (nSPS) is 14.1. The zero-order valence-electron chi connectivity index (χ0n) is 10.3. The van der Waals surface area contributed by atoms with E-state index in [9.17, 15) is 0 Å². The van der Waals surface area contributed by atoms with Gasteiger partial charge in [0.25, 0.3) is 0 Å². The van der Waals surface area contributed by atoms with Crippen LogP contribution in [0, 0.1) is 0 Å². The lowest BCUT2D eigenvalue weighted by atomic mass is 10.0. The number of benzene rings is 1. The highest BCUT2D eigenvalue weighted by Gasteiger charge is 2.11. The average Bonchev–Trinajstić information content (AvgIpc) is 2.86. The van der Waals surface area contributed by atoms with Gasteiger partial charge in [-0.05, 0) is 42.2 Å². The molecule has 1 aromatic carbocycles. The van der Waals surface area contributed by atoms with Crippen LogP contribution in [0.1, 0.15) is 29.1 Å². The summed E-state index contributed by atoms with van der Waals surface area (Å²) in [5.74, 6) is 2.84. The molecule has 0 unspecified atom stereocenters. The summed E-state index contributed by atoms with van der Waals surface area (Å²) in [4.78, 5) is 0. The van der Waals surface area contributed by atoms with E-state index in [1.165, 1.54) is 11.1 Å². The van der Waals surface area contributed by atoms with E-state index in [4.69, 9.17) is 14.9 Å². The Morgan fingerprint density at radius 3 is 2.83 bits per heavy atom. The van der Waals surface area contributed by atoms with Crippen molar-refractivity contribution in [2.75, 3.05) is 6.61 Å². The molecule has 0 fully saturated rings. The van der Waals surface area contributed by atoms with E-state index >= 15 is 0 Å². The fraction of sp³-hybridized carbons (Fsp3) is 0.333. The molecule has 3 heteroatoms. The Labute approximate surface area is 107 Å². The van der Waals surface area contributed by atoms with Gasteiger partial charge in [0.05, 0.1) is 13.2 Å². The maximum Gasteiger partial charge on any atom is 0.122 e. The van der Waals surface area contributed by atoms with Gasteiger partial charge in [-0.15, -0.1) is 0 Å². The molecule has 2 N–H and O–H groups in total. The highest BCUT2D eigenvalue weighted by atomic mass is 16.5. The molecule has 0 amide bonds. The van der Waals surface area contributed by atoms with Crippen LogP contribution in [-0.2, 0) is 19.4 Å². The molecule has 2 aromatic rings. The van der Waals surface area contributed by atoms with Gasteiger partial charge in [-0.25, -0.2) is 0 Å². The highest BCUT2D eigenvalue weighted by Crippen LogP contribution is 2.26. The van der Waals surface area contributed by atoms with Crippen molar-refractivity contribution in [2.24, 2.45) is 5.73 Å². The van der Waals surface area contributed by atoms with Crippen molar-refractivity contribution in [1.82, 2.24) is 0 Å². The average molecular weight is 243 g/mol. The molecule has 0 atom stereocenters. The first-order valence-corrected chi connectivity index (χ1v) is 6.37. The van der Waals surface area contributed by atoms with Crippen molar-refractivity contribution < 1.29 is 9.15 Å². The lowest BCUT2D eigenvalue weighted by molar-refractivity contribution is 0.288. The smallest absolute Gasteiger partial charge is 0.122 e. The fourth-order valence-corrected chi connectivity index (χ4v) is 2.35. The third-order valence-electron chi connectivity index (χ3n) is 3.27. The number of aryl methyl sites for hydroxylation is 1. The van der Waals surface area contributed by atoms with E-state index in [2.05, 4.69) is 18.2 Å². The van der Waals surface area contributed by atoms with Gasteiger partial charge in [0.2, 0.25) is 0 Å². The van der Waals surface area contributed by atoms with Gasteiger partial charge in [0.15, 0.2) is 0 Å². The minimum atomic E-state index is 0.456. The molecule has 1 aromatic heterocycles. The zero-order chi connectivity index (χ0) is 12.4. The quantitative estimate of drug-likeness (QED) is 0.901. The lowest BCUT2D eigenvalue weighted by Gasteiger charge is -2.17. The first-order valence-electron chi connectivity index (χ1n) is 6.37. The Kier molecular flexibility index (Phi) is 3.07. The molecule has 1 aliphatic heterocycles. The van der Waals surface area contributed by atoms with Crippen LogP contribution in [0.4, 0.5) is 0 Å². The van der Waals surface area contributed by atoms with E-state index in [0.29, 0.717) is 6.54 Å². The molecule has 0 saturated heterocycles. The summed E-state index contributed by atoms with van der Waals surface area (Å²) in [5, 5.41) is 0. The van der Waals surface area contributed by atoms with Gasteiger partial charge in [-0.3, -0.25) is 0 Å². The van der Waals surface area contributed by atoms with E-state index in [1.807, 2.05) is 12.1 Å². The summed E-state index contributed by atoms with van der Waals surface area (Å²) in [5.41, 5.74) is 8.11. The third-order valence-corrected chi connectivity index (χ3v) is 3.27. The molecule has 3 nitrogen and oxygen atoms in total. The van der Waals surface area contributed by atoms with E-state index in [-0.39, 0.29) is 0 Å². The van der Waals surface area contributed by atoms with Crippen molar-refractivity contribution in [3.8, 4) is 5.75 Å². The van der Waals surface area contributed by atoms with Gasteiger partial charge in [0.1, 0.15) is 17.3 Å². The standard InChI is InChI=1S/C15H17NO2/c16-10-14-5-4-13(18-14)9-11-3-6-15-12(8-11)2-1-7-17-15/h3-6,8H,1-2,7,9-10,16H2. The van der Waals surface area contributed by atoms with Gasteiger partial charge < -0.3 is 14.9 Å². The first kappa shape index (κ1) is 11.4. The minimum absolute atomic E-state index is 0.456. The molecule has 0 saturated carbocycles.